The molecule has 0 bridgehead atoms. The van der Waals surface area contributed by atoms with Crippen molar-refractivity contribution in [3.05, 3.63) is 21.3 Å². The standard InChI is InChI=1S/C17H27ClN2OS/c1-2-3-4-5-6-7-8-9-10-11-17(21)20-19-14-15-12-13-16(18)22-15/h12-14H,2-11H2,1H3,(H,20,21). The van der Waals surface area contributed by atoms with Gasteiger partial charge in [-0.2, -0.15) is 5.10 Å². The molecule has 0 saturated carbocycles. The topological polar surface area (TPSA) is 41.5 Å². The summed E-state index contributed by atoms with van der Waals surface area (Å²) in [5, 5.41) is 3.94. The zero-order chi connectivity index (χ0) is 16.0. The second kappa shape index (κ2) is 12.7. The number of carbonyl (C=O) groups excluding carboxylic acids is 1. The number of hydrogen-bond acceptors (Lipinski definition) is 3. The summed E-state index contributed by atoms with van der Waals surface area (Å²) < 4.78 is 0.725. The molecule has 1 amide bonds. The molecular weight excluding hydrogens is 316 g/mol. The van der Waals surface area contributed by atoms with Crippen molar-refractivity contribution in [2.45, 2.75) is 71.1 Å². The van der Waals surface area contributed by atoms with Crippen LogP contribution >= 0.6 is 22.9 Å². The van der Waals surface area contributed by atoms with E-state index in [9.17, 15) is 4.79 Å². The largest absolute Gasteiger partial charge is 0.273 e. The molecule has 0 aliphatic heterocycles. The van der Waals surface area contributed by atoms with Gasteiger partial charge in [-0.1, -0.05) is 69.9 Å². The lowest BCUT2D eigenvalue weighted by atomic mass is 10.1. The van der Waals surface area contributed by atoms with Crippen molar-refractivity contribution in [1.29, 1.82) is 0 Å². The van der Waals surface area contributed by atoms with E-state index >= 15 is 0 Å². The fourth-order valence-corrected chi connectivity index (χ4v) is 3.15. The lowest BCUT2D eigenvalue weighted by molar-refractivity contribution is -0.121. The summed E-state index contributed by atoms with van der Waals surface area (Å²) in [6.07, 6.45) is 13.5. The van der Waals surface area contributed by atoms with Gasteiger partial charge in [0, 0.05) is 11.3 Å². The minimum atomic E-state index is -0.0122. The van der Waals surface area contributed by atoms with Crippen LogP contribution in [0.5, 0.6) is 0 Å². The number of nitrogens with one attached hydrogen (secondary N) is 1. The first-order valence-corrected chi connectivity index (χ1v) is 9.49. The van der Waals surface area contributed by atoms with Gasteiger partial charge in [-0.25, -0.2) is 5.43 Å². The lowest BCUT2D eigenvalue weighted by Gasteiger charge is -2.02. The van der Waals surface area contributed by atoms with Crippen molar-refractivity contribution < 1.29 is 4.79 Å². The third-order valence-electron chi connectivity index (χ3n) is 3.48. The molecule has 22 heavy (non-hydrogen) atoms. The Hall–Kier alpha value is -0.870. The summed E-state index contributed by atoms with van der Waals surface area (Å²) in [4.78, 5) is 12.5. The molecule has 1 aromatic rings. The molecule has 0 spiro atoms. The fraction of sp³-hybridized carbons (Fsp3) is 0.647. The van der Waals surface area contributed by atoms with E-state index in [0.717, 1.165) is 22.1 Å². The Balaban J connectivity index is 1.94. The van der Waals surface area contributed by atoms with Crippen LogP contribution in [0.1, 0.15) is 76.0 Å². The molecule has 0 unspecified atom stereocenters. The van der Waals surface area contributed by atoms with Crippen LogP contribution in [-0.2, 0) is 4.79 Å². The zero-order valence-electron chi connectivity index (χ0n) is 13.4. The number of amides is 1. The highest BCUT2D eigenvalue weighted by atomic mass is 35.5. The summed E-state index contributed by atoms with van der Waals surface area (Å²) in [7, 11) is 0. The van der Waals surface area contributed by atoms with Gasteiger partial charge in [-0.05, 0) is 18.6 Å². The molecule has 1 heterocycles. The average molecular weight is 343 g/mol. The number of thiophene rings is 1. The summed E-state index contributed by atoms with van der Waals surface area (Å²) >= 11 is 7.25. The monoisotopic (exact) mass is 342 g/mol. The number of nitrogens with zero attached hydrogens (tertiary/aromatic N) is 1. The second-order valence-electron chi connectivity index (χ2n) is 5.51. The van der Waals surface area contributed by atoms with Gasteiger partial charge in [0.1, 0.15) is 0 Å². The quantitative estimate of drug-likeness (QED) is 0.292. The first-order chi connectivity index (χ1) is 10.7. The third-order valence-corrected chi connectivity index (χ3v) is 4.65. The second-order valence-corrected chi connectivity index (χ2v) is 7.26. The SMILES string of the molecule is CCCCCCCCCCCC(=O)NN=Cc1ccc(Cl)s1. The van der Waals surface area contributed by atoms with E-state index < -0.39 is 0 Å². The van der Waals surface area contributed by atoms with Gasteiger partial charge >= 0.3 is 0 Å². The highest BCUT2D eigenvalue weighted by Crippen LogP contribution is 2.19. The van der Waals surface area contributed by atoms with Crippen molar-refractivity contribution in [2.24, 2.45) is 5.10 Å². The van der Waals surface area contributed by atoms with Crippen LogP contribution < -0.4 is 5.43 Å². The van der Waals surface area contributed by atoms with E-state index in [1.165, 1.54) is 56.3 Å². The Morgan fingerprint density at radius 3 is 2.36 bits per heavy atom. The summed E-state index contributed by atoms with van der Waals surface area (Å²) in [5.41, 5.74) is 2.56. The van der Waals surface area contributed by atoms with Crippen LogP contribution in [0.4, 0.5) is 0 Å². The number of hydrazone groups is 1. The molecular formula is C17H27ClN2OS. The smallest absolute Gasteiger partial charge is 0.240 e. The first kappa shape index (κ1) is 19.2. The van der Waals surface area contributed by atoms with Crippen LogP contribution in [0.2, 0.25) is 4.34 Å². The maximum atomic E-state index is 11.6. The maximum Gasteiger partial charge on any atom is 0.240 e. The van der Waals surface area contributed by atoms with E-state index in [0.29, 0.717) is 6.42 Å². The average Bonchev–Trinajstić information content (AvgIpc) is 2.91. The number of rotatable bonds is 12. The molecule has 3 nitrogen and oxygen atoms in total. The molecule has 0 fully saturated rings. The summed E-state index contributed by atoms with van der Waals surface area (Å²) in [5.74, 6) is -0.0122. The molecule has 0 aromatic carbocycles. The molecule has 0 saturated heterocycles. The Bertz CT molecular complexity index is 446. The summed E-state index contributed by atoms with van der Waals surface area (Å²) in [6.45, 7) is 2.24. The minimum Gasteiger partial charge on any atom is -0.273 e. The van der Waals surface area contributed by atoms with Gasteiger partial charge in [-0.3, -0.25) is 4.79 Å². The fourth-order valence-electron chi connectivity index (χ4n) is 2.22. The number of halogens is 1. The predicted octanol–water partition coefficient (Wildman–Crippen LogP) is 5.77. The Morgan fingerprint density at radius 1 is 1.14 bits per heavy atom. The van der Waals surface area contributed by atoms with E-state index in [1.807, 2.05) is 12.1 Å². The van der Waals surface area contributed by atoms with Crippen LogP contribution in [0.3, 0.4) is 0 Å². The minimum absolute atomic E-state index is 0.0122. The van der Waals surface area contributed by atoms with Crippen LogP contribution in [0.25, 0.3) is 0 Å². The van der Waals surface area contributed by atoms with Gasteiger partial charge < -0.3 is 0 Å². The van der Waals surface area contributed by atoms with E-state index in [1.54, 1.807) is 6.21 Å². The normalized spacial score (nSPS) is 11.2. The van der Waals surface area contributed by atoms with Crippen molar-refractivity contribution >= 4 is 35.1 Å². The Labute approximate surface area is 143 Å². The molecule has 1 aromatic heterocycles. The molecule has 0 radical (unpaired) electrons. The molecule has 1 N–H and O–H groups in total. The van der Waals surface area contributed by atoms with Crippen LogP contribution in [0.15, 0.2) is 17.2 Å². The first-order valence-electron chi connectivity index (χ1n) is 8.29. The van der Waals surface area contributed by atoms with Crippen LogP contribution in [0, 0.1) is 0 Å². The molecule has 0 aliphatic rings. The van der Waals surface area contributed by atoms with Crippen LogP contribution in [-0.4, -0.2) is 12.1 Å². The van der Waals surface area contributed by atoms with E-state index in [-0.39, 0.29) is 5.91 Å². The zero-order valence-corrected chi connectivity index (χ0v) is 15.0. The number of carbonyl (C=O) groups is 1. The van der Waals surface area contributed by atoms with Crippen molar-refractivity contribution in [2.75, 3.05) is 0 Å². The van der Waals surface area contributed by atoms with E-state index in [4.69, 9.17) is 11.6 Å². The van der Waals surface area contributed by atoms with Gasteiger partial charge in [-0.15, -0.1) is 11.3 Å². The van der Waals surface area contributed by atoms with Crippen molar-refractivity contribution in [3.8, 4) is 0 Å². The lowest BCUT2D eigenvalue weighted by Crippen LogP contribution is -2.16. The van der Waals surface area contributed by atoms with E-state index in [2.05, 4.69) is 17.5 Å². The van der Waals surface area contributed by atoms with Gasteiger partial charge in [0.2, 0.25) is 5.91 Å². The highest BCUT2D eigenvalue weighted by molar-refractivity contribution is 7.17. The molecule has 0 atom stereocenters. The molecule has 0 aliphatic carbocycles. The van der Waals surface area contributed by atoms with Crippen molar-refractivity contribution in [1.82, 2.24) is 5.43 Å². The van der Waals surface area contributed by atoms with Gasteiger partial charge in [0.05, 0.1) is 10.6 Å². The highest BCUT2D eigenvalue weighted by Gasteiger charge is 2.00. The Kier molecular flexibility index (Phi) is 11.0. The maximum absolute atomic E-state index is 11.6. The summed E-state index contributed by atoms with van der Waals surface area (Å²) in [6, 6.07) is 3.70. The number of unbranched alkanes of at least 4 members (excludes halogenated alkanes) is 8. The van der Waals surface area contributed by atoms with Gasteiger partial charge in [0.25, 0.3) is 0 Å². The molecule has 124 valence electrons. The third kappa shape index (κ3) is 9.96. The Morgan fingerprint density at radius 2 is 1.77 bits per heavy atom. The van der Waals surface area contributed by atoms with Gasteiger partial charge in [0.15, 0.2) is 0 Å². The predicted molar refractivity (Wildman–Crippen MR) is 96.9 cm³/mol. The number of hydrogen-bond donors (Lipinski definition) is 1. The van der Waals surface area contributed by atoms with Crippen molar-refractivity contribution in [3.63, 3.8) is 0 Å². The molecule has 1 rings (SSSR count). The molecule has 5 heteroatoms.